The van der Waals surface area contributed by atoms with Crippen molar-refractivity contribution < 1.29 is 27.8 Å². The zero-order valence-corrected chi connectivity index (χ0v) is 19.0. The Bertz CT molecular complexity index is 1030. The Balaban J connectivity index is 1.78. The molecular formula is C24H28F3N3O3. The zero-order valence-electron chi connectivity index (χ0n) is 19.0. The fourth-order valence-corrected chi connectivity index (χ4v) is 3.91. The lowest BCUT2D eigenvalue weighted by Gasteiger charge is -2.42. The van der Waals surface area contributed by atoms with Gasteiger partial charge >= 0.3 is 6.18 Å². The second-order valence-electron chi connectivity index (χ2n) is 8.82. The van der Waals surface area contributed by atoms with E-state index < -0.39 is 23.4 Å². The number of hydrogen-bond acceptors (Lipinski definition) is 5. The highest BCUT2D eigenvalue weighted by Gasteiger charge is 2.38. The van der Waals surface area contributed by atoms with Crippen molar-refractivity contribution in [3.05, 3.63) is 64.8 Å². The second kappa shape index (κ2) is 9.51. The van der Waals surface area contributed by atoms with Crippen molar-refractivity contribution in [2.24, 2.45) is 16.8 Å². The Hall–Kier alpha value is -2.94. The van der Waals surface area contributed by atoms with E-state index in [2.05, 4.69) is 15.3 Å². The van der Waals surface area contributed by atoms with E-state index >= 15 is 0 Å². The quantitative estimate of drug-likeness (QED) is 0.653. The highest BCUT2D eigenvalue weighted by molar-refractivity contribution is 6.12. The SMILES string of the molecule is C/N=C1/C=C(OC)C(NC(=O)c2cccc(C(F)(F)F)n2)=C/C1=C/CC1CC(C(C)(C)O)C1. The van der Waals surface area contributed by atoms with Crippen molar-refractivity contribution in [1.29, 1.82) is 0 Å². The molecule has 1 amide bonds. The summed E-state index contributed by atoms with van der Waals surface area (Å²) >= 11 is 0. The van der Waals surface area contributed by atoms with Crippen LogP contribution >= 0.6 is 0 Å². The van der Waals surface area contributed by atoms with Gasteiger partial charge in [-0.25, -0.2) is 4.98 Å². The zero-order chi connectivity index (χ0) is 24.4. The molecule has 1 fully saturated rings. The number of aliphatic imine (C=N–C) groups is 1. The van der Waals surface area contributed by atoms with Crippen LogP contribution in [0.4, 0.5) is 13.2 Å². The van der Waals surface area contributed by atoms with Crippen LogP contribution in [0.5, 0.6) is 0 Å². The van der Waals surface area contributed by atoms with Gasteiger partial charge in [0.05, 0.1) is 24.1 Å². The molecule has 0 unspecified atom stereocenters. The third kappa shape index (κ3) is 5.90. The monoisotopic (exact) mass is 463 g/mol. The van der Waals surface area contributed by atoms with Crippen molar-refractivity contribution in [2.45, 2.75) is 44.9 Å². The van der Waals surface area contributed by atoms with Crippen molar-refractivity contribution in [1.82, 2.24) is 10.3 Å². The van der Waals surface area contributed by atoms with Gasteiger partial charge in [-0.1, -0.05) is 12.1 Å². The average molecular weight is 464 g/mol. The fraction of sp³-hybridized carbons (Fsp3) is 0.458. The summed E-state index contributed by atoms with van der Waals surface area (Å²) in [5.74, 6) is 0.273. The van der Waals surface area contributed by atoms with Crippen molar-refractivity contribution >= 4 is 11.6 Å². The molecule has 2 N–H and O–H groups in total. The number of amides is 1. The summed E-state index contributed by atoms with van der Waals surface area (Å²) in [6.07, 6.45) is 3.38. The van der Waals surface area contributed by atoms with Crippen LogP contribution in [0.15, 0.2) is 58.4 Å². The molecule has 0 aromatic carbocycles. The Morgan fingerprint density at radius 2 is 2.00 bits per heavy atom. The largest absolute Gasteiger partial charge is 0.494 e. The van der Waals surface area contributed by atoms with E-state index in [-0.39, 0.29) is 11.6 Å². The summed E-state index contributed by atoms with van der Waals surface area (Å²) in [7, 11) is 3.08. The molecule has 0 radical (unpaired) electrons. The summed E-state index contributed by atoms with van der Waals surface area (Å²) in [5, 5.41) is 12.7. The number of pyridine rings is 1. The lowest BCUT2D eigenvalue weighted by molar-refractivity contribution is -0.141. The number of hydrogen-bond donors (Lipinski definition) is 2. The van der Waals surface area contributed by atoms with Gasteiger partial charge in [0.15, 0.2) is 0 Å². The Morgan fingerprint density at radius 3 is 2.58 bits per heavy atom. The van der Waals surface area contributed by atoms with E-state index in [1.54, 1.807) is 19.2 Å². The van der Waals surface area contributed by atoms with Gasteiger partial charge in [-0.3, -0.25) is 9.79 Å². The van der Waals surface area contributed by atoms with Crippen LogP contribution in [-0.2, 0) is 10.9 Å². The van der Waals surface area contributed by atoms with Crippen LogP contribution in [-0.4, -0.2) is 41.5 Å². The van der Waals surface area contributed by atoms with Crippen LogP contribution in [0.25, 0.3) is 0 Å². The maximum atomic E-state index is 12.9. The summed E-state index contributed by atoms with van der Waals surface area (Å²) in [4.78, 5) is 20.3. The van der Waals surface area contributed by atoms with Gasteiger partial charge < -0.3 is 15.2 Å². The minimum Gasteiger partial charge on any atom is -0.494 e. The standard InChI is InChI=1S/C24H28F3N3O3/c1-23(2,32)16-10-14(11-16)8-9-15-12-19(20(33-4)13-18(15)28-3)30-22(31)17-6-5-7-21(29-17)24(25,26)27/h5-7,9,12-14,16,32H,8,10-11H2,1-4H3,(H,30,31)/b15-9-,28-18-. The normalized spacial score (nSPS) is 23.6. The van der Waals surface area contributed by atoms with Crippen LogP contribution in [0.2, 0.25) is 0 Å². The van der Waals surface area contributed by atoms with E-state index in [9.17, 15) is 23.1 Å². The minimum atomic E-state index is -4.65. The molecule has 0 spiro atoms. The van der Waals surface area contributed by atoms with Crippen LogP contribution in [0, 0.1) is 11.8 Å². The molecule has 0 atom stereocenters. The van der Waals surface area contributed by atoms with Crippen LogP contribution < -0.4 is 5.32 Å². The Labute approximate surface area is 191 Å². The Kier molecular flexibility index (Phi) is 7.11. The Morgan fingerprint density at radius 1 is 1.30 bits per heavy atom. The van der Waals surface area contributed by atoms with E-state index in [0.29, 0.717) is 23.1 Å². The topological polar surface area (TPSA) is 83.8 Å². The molecule has 0 saturated heterocycles. The first kappa shape index (κ1) is 24.7. The first-order chi connectivity index (χ1) is 15.4. The lowest BCUT2D eigenvalue weighted by atomic mass is 9.66. The number of aliphatic hydroxyl groups is 1. The summed E-state index contributed by atoms with van der Waals surface area (Å²) in [5.41, 5.74) is -0.425. The molecule has 2 aliphatic carbocycles. The van der Waals surface area contributed by atoms with Crippen molar-refractivity contribution in [2.75, 3.05) is 14.2 Å². The number of methoxy groups -OCH3 is 1. The molecule has 0 aliphatic heterocycles. The maximum Gasteiger partial charge on any atom is 0.433 e. The summed E-state index contributed by atoms with van der Waals surface area (Å²) < 4.78 is 44.2. The van der Waals surface area contributed by atoms with Gasteiger partial charge in [0.1, 0.15) is 17.1 Å². The number of halogens is 3. The van der Waals surface area contributed by atoms with Gasteiger partial charge in [-0.05, 0) is 68.7 Å². The molecule has 2 aliphatic rings. The minimum absolute atomic E-state index is 0.275. The van der Waals surface area contributed by atoms with Crippen molar-refractivity contribution in [3.63, 3.8) is 0 Å². The number of alkyl halides is 3. The van der Waals surface area contributed by atoms with Gasteiger partial charge in [0.25, 0.3) is 5.91 Å². The molecule has 6 nitrogen and oxygen atoms in total. The first-order valence-corrected chi connectivity index (χ1v) is 10.7. The molecule has 3 rings (SSSR count). The number of nitrogens with zero attached hydrogens (tertiary/aromatic N) is 2. The predicted octanol–water partition coefficient (Wildman–Crippen LogP) is 4.44. The summed E-state index contributed by atoms with van der Waals surface area (Å²) in [6.45, 7) is 3.65. The molecule has 9 heteroatoms. The number of carbonyl (C=O) groups excluding carboxylic acids is 1. The van der Waals surface area contributed by atoms with Crippen LogP contribution in [0.1, 0.15) is 49.3 Å². The number of allylic oxidation sites excluding steroid dienone is 4. The third-order valence-corrected chi connectivity index (χ3v) is 6.02. The van der Waals surface area contributed by atoms with E-state index in [1.165, 1.54) is 13.2 Å². The number of carbonyl (C=O) groups is 1. The molecule has 1 heterocycles. The number of ether oxygens (including phenoxy) is 1. The summed E-state index contributed by atoms with van der Waals surface area (Å²) in [6, 6.07) is 3.17. The van der Waals surface area contributed by atoms with Crippen molar-refractivity contribution in [3.8, 4) is 0 Å². The molecule has 1 aromatic rings. The molecular weight excluding hydrogens is 435 g/mol. The second-order valence-corrected chi connectivity index (χ2v) is 8.82. The van der Waals surface area contributed by atoms with E-state index in [1.807, 2.05) is 19.9 Å². The van der Waals surface area contributed by atoms with Crippen LogP contribution in [0.3, 0.4) is 0 Å². The number of rotatable bonds is 6. The highest BCUT2D eigenvalue weighted by Crippen LogP contribution is 2.43. The fourth-order valence-electron chi connectivity index (χ4n) is 3.91. The molecule has 33 heavy (non-hydrogen) atoms. The van der Waals surface area contributed by atoms with E-state index in [4.69, 9.17) is 4.74 Å². The maximum absolute atomic E-state index is 12.9. The molecule has 1 saturated carbocycles. The number of aromatic nitrogens is 1. The van der Waals surface area contributed by atoms with Gasteiger partial charge in [0, 0.05) is 13.1 Å². The molecule has 0 bridgehead atoms. The van der Waals surface area contributed by atoms with Gasteiger partial charge in [0.2, 0.25) is 0 Å². The lowest BCUT2D eigenvalue weighted by Crippen LogP contribution is -2.40. The predicted molar refractivity (Wildman–Crippen MR) is 118 cm³/mol. The molecule has 178 valence electrons. The number of nitrogens with one attached hydrogen (secondary N) is 1. The highest BCUT2D eigenvalue weighted by atomic mass is 19.4. The molecule has 1 aromatic heterocycles. The smallest absolute Gasteiger partial charge is 0.433 e. The van der Waals surface area contributed by atoms with E-state index in [0.717, 1.165) is 37.0 Å². The third-order valence-electron chi connectivity index (χ3n) is 6.02. The van der Waals surface area contributed by atoms with Gasteiger partial charge in [-0.15, -0.1) is 0 Å². The average Bonchev–Trinajstić information content (AvgIpc) is 2.71. The van der Waals surface area contributed by atoms with Gasteiger partial charge in [-0.2, -0.15) is 13.2 Å². The first-order valence-electron chi connectivity index (χ1n) is 10.7.